The summed E-state index contributed by atoms with van der Waals surface area (Å²) in [7, 11) is 0. The molecule has 64 valence electrons. The first-order valence-electron chi connectivity index (χ1n) is 4.69. The van der Waals surface area contributed by atoms with Gasteiger partial charge in [0.15, 0.2) is 0 Å². The molecular formula is C11H20. The molecule has 1 aliphatic rings. The predicted octanol–water partition coefficient (Wildman–Crippen LogP) is 3.63. The Hall–Kier alpha value is -0.260. The van der Waals surface area contributed by atoms with E-state index in [0.717, 1.165) is 11.8 Å². The molecule has 1 saturated carbocycles. The Bertz CT molecular complexity index is 144. The molecule has 0 saturated heterocycles. The van der Waals surface area contributed by atoms with Gasteiger partial charge in [0, 0.05) is 0 Å². The van der Waals surface area contributed by atoms with Gasteiger partial charge in [0.1, 0.15) is 0 Å². The zero-order valence-electron chi connectivity index (χ0n) is 8.06. The first-order valence-corrected chi connectivity index (χ1v) is 4.69. The molecule has 0 nitrogen and oxygen atoms in total. The molecule has 1 fully saturated rings. The molecule has 2 atom stereocenters. The highest BCUT2D eigenvalue weighted by Gasteiger charge is 2.32. The average Bonchev–Trinajstić information content (AvgIpc) is 1.85. The van der Waals surface area contributed by atoms with E-state index in [4.69, 9.17) is 0 Å². The minimum atomic E-state index is 0.499. The minimum absolute atomic E-state index is 0.499. The van der Waals surface area contributed by atoms with Gasteiger partial charge in [0.2, 0.25) is 0 Å². The van der Waals surface area contributed by atoms with Crippen LogP contribution in [0.1, 0.15) is 40.0 Å². The van der Waals surface area contributed by atoms with E-state index in [1.165, 1.54) is 19.3 Å². The molecule has 1 unspecified atom stereocenters. The third-order valence-electron chi connectivity index (χ3n) is 3.13. The first-order chi connectivity index (χ1) is 5.06. The Kier molecular flexibility index (Phi) is 2.41. The monoisotopic (exact) mass is 152 g/mol. The van der Waals surface area contributed by atoms with Crippen molar-refractivity contribution in [1.82, 2.24) is 0 Å². The Morgan fingerprint density at radius 2 is 2.00 bits per heavy atom. The largest absolute Gasteiger partial charge is 0.103 e. The Balaban J connectivity index is 2.63. The second-order valence-corrected chi connectivity index (χ2v) is 4.72. The molecule has 0 aromatic rings. The quantitative estimate of drug-likeness (QED) is 0.503. The lowest BCUT2D eigenvalue weighted by atomic mass is 9.66. The number of allylic oxidation sites excluding steroid dienone is 1. The van der Waals surface area contributed by atoms with Crippen molar-refractivity contribution >= 4 is 0 Å². The van der Waals surface area contributed by atoms with Crippen LogP contribution in [0.25, 0.3) is 0 Å². The summed E-state index contributed by atoms with van der Waals surface area (Å²) in [6.45, 7) is 11.0. The van der Waals surface area contributed by atoms with E-state index in [1.807, 2.05) is 0 Å². The number of hydrogen-bond acceptors (Lipinski definition) is 0. The molecule has 0 aromatic carbocycles. The van der Waals surface area contributed by atoms with Crippen molar-refractivity contribution in [3.63, 3.8) is 0 Å². The first kappa shape index (κ1) is 8.83. The molecule has 0 radical (unpaired) electrons. The smallest absolute Gasteiger partial charge is 0.0185 e. The molecule has 0 N–H and O–H groups in total. The SMILES string of the molecule is C=CC1CC[C@H](C)CC1(C)C. The Labute approximate surface area is 70.7 Å². The van der Waals surface area contributed by atoms with Crippen molar-refractivity contribution in [2.75, 3.05) is 0 Å². The summed E-state index contributed by atoms with van der Waals surface area (Å²) in [5.41, 5.74) is 0.499. The Morgan fingerprint density at radius 3 is 2.45 bits per heavy atom. The van der Waals surface area contributed by atoms with Gasteiger partial charge in [-0.25, -0.2) is 0 Å². The zero-order valence-corrected chi connectivity index (χ0v) is 8.06. The second-order valence-electron chi connectivity index (χ2n) is 4.72. The maximum Gasteiger partial charge on any atom is -0.0185 e. The van der Waals surface area contributed by atoms with Gasteiger partial charge < -0.3 is 0 Å². The van der Waals surface area contributed by atoms with Gasteiger partial charge in [-0.2, -0.15) is 0 Å². The second kappa shape index (κ2) is 3.00. The minimum Gasteiger partial charge on any atom is -0.103 e. The molecule has 1 aliphatic carbocycles. The van der Waals surface area contributed by atoms with Gasteiger partial charge in [-0.05, 0) is 30.1 Å². The van der Waals surface area contributed by atoms with E-state index in [9.17, 15) is 0 Å². The summed E-state index contributed by atoms with van der Waals surface area (Å²) in [6.07, 6.45) is 6.24. The molecule has 1 rings (SSSR count). The van der Waals surface area contributed by atoms with Crippen LogP contribution >= 0.6 is 0 Å². The maximum absolute atomic E-state index is 3.91. The van der Waals surface area contributed by atoms with Crippen molar-refractivity contribution in [2.45, 2.75) is 40.0 Å². The van der Waals surface area contributed by atoms with E-state index < -0.39 is 0 Å². The Morgan fingerprint density at radius 1 is 1.36 bits per heavy atom. The van der Waals surface area contributed by atoms with Gasteiger partial charge in [0.05, 0.1) is 0 Å². The van der Waals surface area contributed by atoms with E-state index in [2.05, 4.69) is 33.4 Å². The molecule has 0 spiro atoms. The molecular weight excluding hydrogens is 132 g/mol. The number of rotatable bonds is 1. The predicted molar refractivity (Wildman–Crippen MR) is 50.5 cm³/mol. The molecule has 0 amide bonds. The van der Waals surface area contributed by atoms with E-state index in [1.54, 1.807) is 0 Å². The summed E-state index contributed by atoms with van der Waals surface area (Å²) < 4.78 is 0. The highest BCUT2D eigenvalue weighted by molar-refractivity contribution is 4.94. The number of hydrogen-bond donors (Lipinski definition) is 0. The molecule has 0 heterocycles. The van der Waals surface area contributed by atoms with Crippen LogP contribution in [-0.2, 0) is 0 Å². The summed E-state index contributed by atoms with van der Waals surface area (Å²) in [6, 6.07) is 0. The maximum atomic E-state index is 3.91. The van der Waals surface area contributed by atoms with E-state index in [-0.39, 0.29) is 0 Å². The van der Waals surface area contributed by atoms with Crippen LogP contribution in [0.4, 0.5) is 0 Å². The summed E-state index contributed by atoms with van der Waals surface area (Å²) in [4.78, 5) is 0. The highest BCUT2D eigenvalue weighted by atomic mass is 14.4. The van der Waals surface area contributed by atoms with Crippen LogP contribution in [0.2, 0.25) is 0 Å². The van der Waals surface area contributed by atoms with Crippen LogP contribution in [0.5, 0.6) is 0 Å². The van der Waals surface area contributed by atoms with Crippen LogP contribution in [0, 0.1) is 17.3 Å². The van der Waals surface area contributed by atoms with Gasteiger partial charge in [0.25, 0.3) is 0 Å². The molecule has 0 bridgehead atoms. The summed E-state index contributed by atoms with van der Waals surface area (Å²) in [5, 5.41) is 0. The molecule has 0 aromatic heterocycles. The summed E-state index contributed by atoms with van der Waals surface area (Å²) >= 11 is 0. The van der Waals surface area contributed by atoms with Gasteiger partial charge >= 0.3 is 0 Å². The highest BCUT2D eigenvalue weighted by Crippen LogP contribution is 2.43. The lowest BCUT2D eigenvalue weighted by molar-refractivity contribution is 0.135. The topological polar surface area (TPSA) is 0 Å². The van der Waals surface area contributed by atoms with Crippen molar-refractivity contribution in [3.8, 4) is 0 Å². The zero-order chi connectivity index (χ0) is 8.48. The fraction of sp³-hybridized carbons (Fsp3) is 0.818. The van der Waals surface area contributed by atoms with Crippen molar-refractivity contribution in [1.29, 1.82) is 0 Å². The van der Waals surface area contributed by atoms with Crippen molar-refractivity contribution < 1.29 is 0 Å². The molecule has 0 aliphatic heterocycles. The van der Waals surface area contributed by atoms with Gasteiger partial charge in [-0.15, -0.1) is 6.58 Å². The lowest BCUT2D eigenvalue weighted by Crippen LogP contribution is -2.29. The van der Waals surface area contributed by atoms with Gasteiger partial charge in [-0.1, -0.05) is 33.3 Å². The lowest BCUT2D eigenvalue weighted by Gasteiger charge is -2.40. The molecule has 11 heavy (non-hydrogen) atoms. The van der Waals surface area contributed by atoms with E-state index in [0.29, 0.717) is 5.41 Å². The summed E-state index contributed by atoms with van der Waals surface area (Å²) in [5.74, 6) is 1.67. The van der Waals surface area contributed by atoms with Crippen LogP contribution in [0.15, 0.2) is 12.7 Å². The average molecular weight is 152 g/mol. The fourth-order valence-corrected chi connectivity index (χ4v) is 2.44. The van der Waals surface area contributed by atoms with Crippen LogP contribution in [0.3, 0.4) is 0 Å². The normalized spacial score (nSPS) is 36.6. The third-order valence-corrected chi connectivity index (χ3v) is 3.13. The van der Waals surface area contributed by atoms with Gasteiger partial charge in [-0.3, -0.25) is 0 Å². The van der Waals surface area contributed by atoms with Crippen LogP contribution in [-0.4, -0.2) is 0 Å². The van der Waals surface area contributed by atoms with Crippen LogP contribution < -0.4 is 0 Å². The standard InChI is InChI=1S/C11H20/c1-5-10-7-6-9(2)8-11(10,3)4/h5,9-10H,1,6-8H2,2-4H3/t9-,10?/m0/s1. The molecule has 0 heteroatoms. The fourth-order valence-electron chi connectivity index (χ4n) is 2.44. The van der Waals surface area contributed by atoms with Crippen molar-refractivity contribution in [2.24, 2.45) is 17.3 Å². The third kappa shape index (κ3) is 1.85. The van der Waals surface area contributed by atoms with E-state index >= 15 is 0 Å². The van der Waals surface area contributed by atoms with Crippen molar-refractivity contribution in [3.05, 3.63) is 12.7 Å².